The number of aryl methyl sites for hydroxylation is 1. The van der Waals surface area contributed by atoms with Crippen LogP contribution in [0.2, 0.25) is 5.21 Å². The Bertz CT molecular complexity index is 1120. The first-order valence-electron chi connectivity index (χ1n) is 9.66. The quantitative estimate of drug-likeness (QED) is 0.460. The molecule has 1 heterocycles. The van der Waals surface area contributed by atoms with Crippen molar-refractivity contribution < 1.29 is 27.5 Å². The molecule has 0 aliphatic carbocycles. The predicted molar refractivity (Wildman–Crippen MR) is 116 cm³/mol. The second kappa shape index (κ2) is 10.5. The summed E-state index contributed by atoms with van der Waals surface area (Å²) in [6.45, 7) is 0. The molecule has 3 aromatic rings. The molecule has 0 saturated heterocycles. The molecule has 1 atom stereocenters. The van der Waals surface area contributed by atoms with Crippen molar-refractivity contribution in [3.63, 3.8) is 0 Å². The first kappa shape index (κ1) is 23.5. The minimum atomic E-state index is -4.47. The van der Waals surface area contributed by atoms with Gasteiger partial charge in [0.15, 0.2) is 0 Å². The standard InChI is InChI=1S/C23H20AsF3N2O3/c1-28-22(31)20-14-19(9-11-29-20)32-18-7-2-4-15(12-18)8-10-24-21(30)16-5-3-6-17(13-16)23(25,26)27/h2-7,9,11-14,24H,8,10H2,1H3,(H,28,31). The zero-order valence-electron chi connectivity index (χ0n) is 17.1. The number of alkyl halides is 3. The van der Waals surface area contributed by atoms with E-state index >= 15 is 0 Å². The summed E-state index contributed by atoms with van der Waals surface area (Å²) in [5.41, 5.74) is 0.486. The van der Waals surface area contributed by atoms with Crippen molar-refractivity contribution in [3.8, 4) is 11.5 Å². The van der Waals surface area contributed by atoms with E-state index in [1.807, 2.05) is 18.2 Å². The van der Waals surface area contributed by atoms with Crippen LogP contribution in [0, 0.1) is 0 Å². The molecular formula is C23H20AsF3N2O3. The molecule has 1 amide bonds. The molecule has 0 aliphatic heterocycles. The first-order chi connectivity index (χ1) is 15.3. The molecule has 0 radical (unpaired) electrons. The van der Waals surface area contributed by atoms with Gasteiger partial charge in [-0.1, -0.05) is 0 Å². The van der Waals surface area contributed by atoms with Crippen LogP contribution in [0.5, 0.6) is 11.5 Å². The molecule has 0 spiro atoms. The fraction of sp³-hybridized carbons (Fsp3) is 0.174. The molecule has 2 aromatic carbocycles. The van der Waals surface area contributed by atoms with E-state index in [1.54, 1.807) is 12.1 Å². The maximum atomic E-state index is 12.8. The third-order valence-electron chi connectivity index (χ3n) is 4.48. The van der Waals surface area contributed by atoms with Crippen molar-refractivity contribution in [2.45, 2.75) is 17.8 Å². The van der Waals surface area contributed by atoms with E-state index in [0.29, 0.717) is 23.1 Å². The SMILES string of the molecule is CNC(=O)c1cc(Oc2cccc(CC[AsH]C(=O)c3cccc(C(F)(F)F)c3)c2)ccn1. The average Bonchev–Trinajstić information content (AvgIpc) is 2.78. The van der Waals surface area contributed by atoms with Gasteiger partial charge in [0.25, 0.3) is 0 Å². The van der Waals surface area contributed by atoms with Gasteiger partial charge in [0.05, 0.1) is 0 Å². The van der Waals surface area contributed by atoms with E-state index in [0.717, 1.165) is 17.7 Å². The molecule has 0 aliphatic rings. The number of rotatable bonds is 8. The van der Waals surface area contributed by atoms with Gasteiger partial charge in [-0.3, -0.25) is 0 Å². The number of hydrogen-bond donors (Lipinski definition) is 1. The molecule has 1 N–H and O–H groups in total. The van der Waals surface area contributed by atoms with Crippen LogP contribution in [0.1, 0.15) is 32.0 Å². The molecule has 5 nitrogen and oxygen atoms in total. The molecule has 1 unspecified atom stereocenters. The zero-order chi connectivity index (χ0) is 23.1. The van der Waals surface area contributed by atoms with Crippen molar-refractivity contribution in [1.82, 2.24) is 10.3 Å². The summed E-state index contributed by atoms with van der Waals surface area (Å²) < 4.78 is 44.1. The third-order valence-corrected chi connectivity index (χ3v) is 6.80. The van der Waals surface area contributed by atoms with Crippen LogP contribution in [-0.2, 0) is 12.6 Å². The first-order valence-corrected chi connectivity index (χ1v) is 12.2. The van der Waals surface area contributed by atoms with Crippen LogP contribution in [0.3, 0.4) is 0 Å². The predicted octanol–water partition coefficient (Wildman–Crippen LogP) is 4.49. The molecular weight excluding hydrogens is 484 g/mol. The monoisotopic (exact) mass is 504 g/mol. The number of pyridine rings is 1. The number of benzene rings is 2. The molecule has 9 heteroatoms. The minimum absolute atomic E-state index is 0.113. The van der Waals surface area contributed by atoms with Gasteiger partial charge in [0, 0.05) is 0 Å². The number of carbonyl (C=O) groups is 2. The number of halogens is 3. The van der Waals surface area contributed by atoms with Crippen LogP contribution in [0.4, 0.5) is 13.2 Å². The topological polar surface area (TPSA) is 68.3 Å². The van der Waals surface area contributed by atoms with Crippen LogP contribution < -0.4 is 10.1 Å². The van der Waals surface area contributed by atoms with Gasteiger partial charge in [-0.05, 0) is 0 Å². The number of nitrogens with zero attached hydrogens (tertiary/aromatic N) is 1. The molecule has 166 valence electrons. The van der Waals surface area contributed by atoms with Crippen molar-refractivity contribution in [2.24, 2.45) is 0 Å². The summed E-state index contributed by atoms with van der Waals surface area (Å²) in [4.78, 5) is 28.1. The molecule has 3 rings (SSSR count). The molecule has 0 saturated carbocycles. The van der Waals surface area contributed by atoms with Crippen molar-refractivity contribution >= 4 is 26.2 Å². The maximum absolute atomic E-state index is 12.8. The fourth-order valence-corrected chi connectivity index (χ4v) is 4.99. The van der Waals surface area contributed by atoms with E-state index in [2.05, 4.69) is 10.3 Å². The van der Waals surface area contributed by atoms with Gasteiger partial charge in [-0.15, -0.1) is 0 Å². The summed E-state index contributed by atoms with van der Waals surface area (Å²) in [6, 6.07) is 15.1. The van der Waals surface area contributed by atoms with Crippen molar-refractivity contribution in [3.05, 3.63) is 89.2 Å². The van der Waals surface area contributed by atoms with Crippen LogP contribution in [0.25, 0.3) is 0 Å². The molecule has 0 fully saturated rings. The Morgan fingerprint density at radius 1 is 1.03 bits per heavy atom. The van der Waals surface area contributed by atoms with E-state index in [9.17, 15) is 22.8 Å². The normalized spacial score (nSPS) is 11.5. The number of aromatic nitrogens is 1. The van der Waals surface area contributed by atoms with Gasteiger partial charge in [-0.2, -0.15) is 0 Å². The number of hydrogen-bond acceptors (Lipinski definition) is 4. The summed E-state index contributed by atoms with van der Waals surface area (Å²) in [6.07, 6.45) is -2.37. The number of nitrogens with one attached hydrogen (secondary N) is 1. The Morgan fingerprint density at radius 2 is 1.78 bits per heavy atom. The number of amides is 1. The number of carbonyl (C=O) groups excluding carboxylic acids is 2. The molecule has 1 aromatic heterocycles. The average molecular weight is 504 g/mol. The Balaban J connectivity index is 1.59. The van der Waals surface area contributed by atoms with Gasteiger partial charge < -0.3 is 0 Å². The van der Waals surface area contributed by atoms with Crippen molar-refractivity contribution in [1.29, 1.82) is 0 Å². The number of ether oxygens (including phenoxy) is 1. The second-order valence-electron chi connectivity index (χ2n) is 6.79. The van der Waals surface area contributed by atoms with E-state index in [-0.39, 0.29) is 21.7 Å². The van der Waals surface area contributed by atoms with Crippen molar-refractivity contribution in [2.75, 3.05) is 7.05 Å². The molecule has 32 heavy (non-hydrogen) atoms. The van der Waals surface area contributed by atoms with Crippen LogP contribution in [0.15, 0.2) is 66.9 Å². The van der Waals surface area contributed by atoms with Crippen LogP contribution in [-0.4, -0.2) is 38.3 Å². The summed E-state index contributed by atoms with van der Waals surface area (Å²) >= 11 is -1.11. The zero-order valence-corrected chi connectivity index (χ0v) is 19.2. The Kier molecular flexibility index (Phi) is 7.70. The summed E-state index contributed by atoms with van der Waals surface area (Å²) in [5.74, 6) is 0.712. The fourth-order valence-electron chi connectivity index (χ4n) is 2.89. The Labute approximate surface area is 189 Å². The second-order valence-corrected chi connectivity index (χ2v) is 9.53. The Morgan fingerprint density at radius 3 is 2.53 bits per heavy atom. The van der Waals surface area contributed by atoms with Gasteiger partial charge in [0.1, 0.15) is 0 Å². The van der Waals surface area contributed by atoms with Gasteiger partial charge in [0.2, 0.25) is 0 Å². The van der Waals surface area contributed by atoms with Crippen LogP contribution >= 0.6 is 0 Å². The molecule has 0 bridgehead atoms. The van der Waals surface area contributed by atoms with E-state index in [4.69, 9.17) is 4.74 Å². The van der Waals surface area contributed by atoms with Gasteiger partial charge in [-0.25, -0.2) is 0 Å². The third kappa shape index (κ3) is 6.44. The van der Waals surface area contributed by atoms with Gasteiger partial charge >= 0.3 is 190 Å². The summed E-state index contributed by atoms with van der Waals surface area (Å²) in [5, 5.41) is 3.10. The van der Waals surface area contributed by atoms with E-state index < -0.39 is 27.5 Å². The van der Waals surface area contributed by atoms with E-state index in [1.165, 1.54) is 31.4 Å². The summed E-state index contributed by atoms with van der Waals surface area (Å²) in [7, 11) is 1.52. The Hall–Kier alpha value is -3.12.